The van der Waals surface area contributed by atoms with Crippen molar-refractivity contribution in [1.82, 2.24) is 4.98 Å². The molecule has 0 aliphatic carbocycles. The summed E-state index contributed by atoms with van der Waals surface area (Å²) in [6.07, 6.45) is 3.04. The van der Waals surface area contributed by atoms with Gasteiger partial charge in [-0.2, -0.15) is 0 Å². The molecule has 0 bridgehead atoms. The molecular weight excluding hydrogens is 170 g/mol. The van der Waals surface area contributed by atoms with E-state index in [1.54, 1.807) is 18.3 Å². The summed E-state index contributed by atoms with van der Waals surface area (Å²) < 4.78 is 0. The lowest BCUT2D eigenvalue weighted by molar-refractivity contribution is -0.112. The number of pyridine rings is 1. The van der Waals surface area contributed by atoms with Gasteiger partial charge in [0.25, 0.3) is 5.91 Å². The number of hydrogen-bond donors (Lipinski definition) is 2. The van der Waals surface area contributed by atoms with E-state index in [9.17, 15) is 4.79 Å². The van der Waals surface area contributed by atoms with E-state index in [0.29, 0.717) is 5.69 Å². The van der Waals surface area contributed by atoms with Gasteiger partial charge in [0, 0.05) is 6.20 Å². The van der Waals surface area contributed by atoms with Crippen molar-refractivity contribution in [2.24, 2.45) is 16.0 Å². The summed E-state index contributed by atoms with van der Waals surface area (Å²) in [6.45, 7) is 0. The monoisotopic (exact) mass is 177 g/mol. The zero-order chi connectivity index (χ0) is 9.68. The molecule has 13 heavy (non-hydrogen) atoms. The summed E-state index contributed by atoms with van der Waals surface area (Å²) in [4.78, 5) is 14.1. The summed E-state index contributed by atoms with van der Waals surface area (Å²) >= 11 is 0. The minimum atomic E-state index is -0.910. The molecule has 0 aliphatic rings. The maximum atomic E-state index is 10.3. The van der Waals surface area contributed by atoms with Gasteiger partial charge in [-0.15, -0.1) is 10.2 Å². The van der Waals surface area contributed by atoms with Gasteiger partial charge in [-0.1, -0.05) is 0 Å². The minimum Gasteiger partial charge on any atom is -0.363 e. The Morgan fingerprint density at radius 1 is 1.62 bits per heavy atom. The topological polar surface area (TPSA) is 105 Å². The molecule has 0 saturated heterocycles. The van der Waals surface area contributed by atoms with E-state index < -0.39 is 11.7 Å². The molecule has 1 aromatic rings. The largest absolute Gasteiger partial charge is 0.363 e. The maximum absolute atomic E-state index is 10.3. The van der Waals surface area contributed by atoms with Crippen molar-refractivity contribution in [3.8, 4) is 0 Å². The molecule has 0 unspecified atom stereocenters. The van der Waals surface area contributed by atoms with Crippen LogP contribution in [0.3, 0.4) is 0 Å². The number of aromatic nitrogens is 1. The standard InChI is InChI=1S/C7H7N5O/c8-6(7(9)13)12-11-5-2-1-3-10-4-5/h1-4,8H,(H2,9,13). The molecule has 0 saturated carbocycles. The fourth-order valence-corrected chi connectivity index (χ4v) is 0.570. The van der Waals surface area contributed by atoms with Crippen molar-refractivity contribution >= 4 is 17.4 Å². The first-order valence-electron chi connectivity index (χ1n) is 3.40. The van der Waals surface area contributed by atoms with Crippen LogP contribution in [0.25, 0.3) is 0 Å². The third-order valence-electron chi connectivity index (χ3n) is 1.14. The molecule has 0 fully saturated rings. The smallest absolute Gasteiger partial charge is 0.287 e. The molecule has 3 N–H and O–H groups in total. The summed E-state index contributed by atoms with van der Waals surface area (Å²) in [5.41, 5.74) is 5.23. The second kappa shape index (κ2) is 4.05. The quantitative estimate of drug-likeness (QED) is 0.373. The van der Waals surface area contributed by atoms with E-state index in [4.69, 9.17) is 11.1 Å². The highest BCUT2D eigenvalue weighted by Gasteiger charge is 2.00. The van der Waals surface area contributed by atoms with E-state index in [2.05, 4.69) is 15.2 Å². The Morgan fingerprint density at radius 2 is 2.38 bits per heavy atom. The van der Waals surface area contributed by atoms with E-state index in [1.165, 1.54) is 6.20 Å². The number of azo groups is 1. The molecule has 0 atom stereocenters. The van der Waals surface area contributed by atoms with Crippen LogP contribution in [-0.4, -0.2) is 16.7 Å². The van der Waals surface area contributed by atoms with E-state index in [1.807, 2.05) is 0 Å². The van der Waals surface area contributed by atoms with Gasteiger partial charge in [-0.05, 0) is 12.1 Å². The molecule has 1 amide bonds. The van der Waals surface area contributed by atoms with Crippen molar-refractivity contribution in [3.05, 3.63) is 24.5 Å². The highest BCUT2D eigenvalue weighted by molar-refractivity contribution is 6.36. The molecule has 1 rings (SSSR count). The number of amidine groups is 1. The number of nitrogens with two attached hydrogens (primary N) is 1. The Balaban J connectivity index is 2.70. The lowest BCUT2D eigenvalue weighted by atomic mass is 10.4. The predicted octanol–water partition coefficient (Wildman–Crippen LogP) is 0.628. The fraction of sp³-hybridized carbons (Fsp3) is 0. The summed E-state index contributed by atoms with van der Waals surface area (Å²) in [5.74, 6) is -1.49. The molecular formula is C7H7N5O. The third-order valence-corrected chi connectivity index (χ3v) is 1.14. The second-order valence-corrected chi connectivity index (χ2v) is 2.12. The zero-order valence-electron chi connectivity index (χ0n) is 6.64. The molecule has 66 valence electrons. The van der Waals surface area contributed by atoms with Crippen LogP contribution in [-0.2, 0) is 4.79 Å². The average molecular weight is 177 g/mol. The van der Waals surface area contributed by atoms with Gasteiger partial charge in [0.2, 0.25) is 5.84 Å². The van der Waals surface area contributed by atoms with Gasteiger partial charge in [-0.3, -0.25) is 15.2 Å². The van der Waals surface area contributed by atoms with Gasteiger partial charge >= 0.3 is 0 Å². The van der Waals surface area contributed by atoms with Crippen LogP contribution in [0.5, 0.6) is 0 Å². The number of primary amides is 1. The number of nitrogens with zero attached hydrogens (tertiary/aromatic N) is 3. The van der Waals surface area contributed by atoms with Crippen LogP contribution in [0.2, 0.25) is 0 Å². The SMILES string of the molecule is N=C(N=Nc1cccnc1)C(N)=O. The van der Waals surface area contributed by atoms with Gasteiger partial charge in [0.05, 0.1) is 6.20 Å². The summed E-state index contributed by atoms with van der Waals surface area (Å²) in [7, 11) is 0. The number of amides is 1. The summed E-state index contributed by atoms with van der Waals surface area (Å²) in [6, 6.07) is 3.31. The van der Waals surface area contributed by atoms with Crippen molar-refractivity contribution in [2.75, 3.05) is 0 Å². The lowest BCUT2D eigenvalue weighted by Crippen LogP contribution is -2.19. The molecule has 0 aromatic carbocycles. The van der Waals surface area contributed by atoms with E-state index in [0.717, 1.165) is 0 Å². The Bertz CT molecular complexity index is 345. The molecule has 6 nitrogen and oxygen atoms in total. The first-order valence-corrected chi connectivity index (χ1v) is 3.40. The Kier molecular flexibility index (Phi) is 2.80. The zero-order valence-corrected chi connectivity index (χ0v) is 6.64. The minimum absolute atomic E-state index is 0.466. The van der Waals surface area contributed by atoms with Crippen molar-refractivity contribution in [1.29, 1.82) is 5.41 Å². The van der Waals surface area contributed by atoms with E-state index in [-0.39, 0.29) is 0 Å². The van der Waals surface area contributed by atoms with Crippen molar-refractivity contribution in [2.45, 2.75) is 0 Å². The van der Waals surface area contributed by atoms with Crippen LogP contribution in [0, 0.1) is 5.41 Å². The van der Waals surface area contributed by atoms with Gasteiger partial charge < -0.3 is 5.73 Å². The van der Waals surface area contributed by atoms with E-state index >= 15 is 0 Å². The highest BCUT2D eigenvalue weighted by Crippen LogP contribution is 2.07. The third kappa shape index (κ3) is 2.78. The number of carbonyl (C=O) groups is 1. The summed E-state index contributed by atoms with van der Waals surface area (Å²) in [5, 5.41) is 13.8. The molecule has 0 spiro atoms. The maximum Gasteiger partial charge on any atom is 0.287 e. The van der Waals surface area contributed by atoms with Crippen LogP contribution in [0.1, 0.15) is 0 Å². The van der Waals surface area contributed by atoms with Crippen LogP contribution in [0.4, 0.5) is 5.69 Å². The number of hydrogen-bond acceptors (Lipinski definition) is 4. The molecule has 6 heteroatoms. The first-order chi connectivity index (χ1) is 6.20. The molecule has 1 heterocycles. The van der Waals surface area contributed by atoms with Gasteiger partial charge in [0.15, 0.2) is 0 Å². The molecule has 0 radical (unpaired) electrons. The van der Waals surface area contributed by atoms with Gasteiger partial charge in [0.1, 0.15) is 5.69 Å². The molecule has 0 aliphatic heterocycles. The number of carbonyl (C=O) groups excluding carboxylic acids is 1. The van der Waals surface area contributed by atoms with Crippen molar-refractivity contribution in [3.63, 3.8) is 0 Å². The Morgan fingerprint density at radius 3 is 2.92 bits per heavy atom. The Labute approximate surface area is 74.0 Å². The van der Waals surface area contributed by atoms with Crippen LogP contribution >= 0.6 is 0 Å². The van der Waals surface area contributed by atoms with Crippen LogP contribution < -0.4 is 5.73 Å². The highest BCUT2D eigenvalue weighted by atomic mass is 16.1. The first kappa shape index (κ1) is 8.98. The molecule has 1 aromatic heterocycles. The second-order valence-electron chi connectivity index (χ2n) is 2.12. The number of nitrogens with one attached hydrogen (secondary N) is 1. The van der Waals surface area contributed by atoms with Crippen molar-refractivity contribution < 1.29 is 4.79 Å². The Hall–Kier alpha value is -2.11. The number of rotatable bonds is 1. The normalized spacial score (nSPS) is 10.2. The fourth-order valence-electron chi connectivity index (χ4n) is 0.570. The lowest BCUT2D eigenvalue weighted by Gasteiger charge is -1.89. The van der Waals surface area contributed by atoms with Gasteiger partial charge in [-0.25, -0.2) is 0 Å². The van der Waals surface area contributed by atoms with Crippen LogP contribution in [0.15, 0.2) is 34.8 Å². The predicted molar refractivity (Wildman–Crippen MR) is 45.7 cm³/mol. The average Bonchev–Trinajstić information content (AvgIpc) is 2.15.